The van der Waals surface area contributed by atoms with Gasteiger partial charge >= 0.3 is 0 Å². The number of hydrogen-bond donors (Lipinski definition) is 3. The molecule has 8 nitrogen and oxygen atoms in total. The molecule has 2 aromatic carbocycles. The number of nitrogens with one attached hydrogen (secondary N) is 2. The average molecular weight is 381 g/mol. The van der Waals surface area contributed by atoms with E-state index in [9.17, 15) is 14.4 Å². The summed E-state index contributed by atoms with van der Waals surface area (Å²) in [6.07, 6.45) is 0. The van der Waals surface area contributed by atoms with Gasteiger partial charge in [-0.15, -0.1) is 0 Å². The predicted molar refractivity (Wildman–Crippen MR) is 104 cm³/mol. The third kappa shape index (κ3) is 3.45. The molecule has 0 aliphatic carbocycles. The minimum atomic E-state index is -0.737. The summed E-state index contributed by atoms with van der Waals surface area (Å²) in [7, 11) is 3.11. The molecule has 3 N–H and O–H groups in total. The molecule has 0 radical (unpaired) electrons. The normalized spacial score (nSPS) is 10.6. The Morgan fingerprint density at radius 3 is 2.50 bits per heavy atom. The number of aromatic nitrogens is 1. The van der Waals surface area contributed by atoms with Crippen LogP contribution in [0.4, 0.5) is 5.69 Å². The van der Waals surface area contributed by atoms with Crippen molar-refractivity contribution in [3.63, 3.8) is 0 Å². The fourth-order valence-corrected chi connectivity index (χ4v) is 3.01. The van der Waals surface area contributed by atoms with Crippen LogP contribution in [0, 0.1) is 6.92 Å². The molecule has 0 bridgehead atoms. The quantitative estimate of drug-likeness (QED) is 0.474. The highest BCUT2D eigenvalue weighted by molar-refractivity contribution is 6.08. The van der Waals surface area contributed by atoms with E-state index in [2.05, 4.69) is 5.32 Å². The first-order chi connectivity index (χ1) is 13.3. The summed E-state index contributed by atoms with van der Waals surface area (Å²) in [6.45, 7) is 1.73. The molecule has 0 fully saturated rings. The summed E-state index contributed by atoms with van der Waals surface area (Å²) in [5, 5.41) is 12.4. The van der Waals surface area contributed by atoms with Crippen molar-refractivity contribution in [3.05, 3.63) is 69.5 Å². The summed E-state index contributed by atoms with van der Waals surface area (Å²) < 4.78 is 6.75. The van der Waals surface area contributed by atoms with Gasteiger partial charge in [-0.2, -0.15) is 0 Å². The molecule has 0 aliphatic heterocycles. The van der Waals surface area contributed by atoms with E-state index < -0.39 is 11.8 Å². The highest BCUT2D eigenvalue weighted by Gasteiger charge is 2.16. The van der Waals surface area contributed by atoms with E-state index in [1.54, 1.807) is 42.8 Å². The zero-order valence-corrected chi connectivity index (χ0v) is 15.6. The molecular weight excluding hydrogens is 362 g/mol. The summed E-state index contributed by atoms with van der Waals surface area (Å²) in [4.78, 5) is 36.4. The van der Waals surface area contributed by atoms with Crippen LogP contribution >= 0.6 is 0 Å². The number of hydrogen-bond acceptors (Lipinski definition) is 5. The van der Waals surface area contributed by atoms with Gasteiger partial charge in [0.25, 0.3) is 17.4 Å². The first kappa shape index (κ1) is 19.1. The number of carbonyl (C=O) groups is 2. The van der Waals surface area contributed by atoms with Crippen LogP contribution in [-0.2, 0) is 7.05 Å². The molecule has 3 aromatic rings. The lowest BCUT2D eigenvalue weighted by Gasteiger charge is -2.12. The number of fused-ring (bicyclic) bond motifs is 1. The molecule has 0 saturated heterocycles. The van der Waals surface area contributed by atoms with Crippen molar-refractivity contribution < 1.29 is 19.5 Å². The van der Waals surface area contributed by atoms with Crippen LogP contribution in [0.5, 0.6) is 5.75 Å². The zero-order valence-electron chi connectivity index (χ0n) is 15.6. The lowest BCUT2D eigenvalue weighted by Crippen LogP contribution is -2.20. The minimum absolute atomic E-state index is 0.0759. The molecule has 8 heteroatoms. The number of benzene rings is 2. The molecule has 0 spiro atoms. The Morgan fingerprint density at radius 1 is 1.07 bits per heavy atom. The van der Waals surface area contributed by atoms with Crippen molar-refractivity contribution >= 4 is 28.4 Å². The Balaban J connectivity index is 1.98. The van der Waals surface area contributed by atoms with Gasteiger partial charge in [0.05, 0.1) is 18.2 Å². The number of nitrogens with zero attached hydrogens (tertiary/aromatic N) is 1. The Kier molecular flexibility index (Phi) is 5.14. The number of ether oxygens (including phenoxy) is 1. The fourth-order valence-electron chi connectivity index (χ4n) is 3.01. The molecule has 0 aliphatic rings. The van der Waals surface area contributed by atoms with E-state index in [4.69, 9.17) is 9.94 Å². The van der Waals surface area contributed by atoms with Crippen LogP contribution in [-0.4, -0.2) is 28.7 Å². The van der Waals surface area contributed by atoms with Crippen LogP contribution in [0.25, 0.3) is 10.9 Å². The smallest absolute Gasteiger partial charge is 0.274 e. The van der Waals surface area contributed by atoms with Gasteiger partial charge in [0, 0.05) is 29.2 Å². The van der Waals surface area contributed by atoms with Crippen molar-refractivity contribution in [2.24, 2.45) is 7.05 Å². The van der Waals surface area contributed by atoms with Gasteiger partial charge in [0.1, 0.15) is 5.75 Å². The lowest BCUT2D eigenvalue weighted by molar-refractivity contribution is 0.0706. The van der Waals surface area contributed by atoms with Gasteiger partial charge in [0.15, 0.2) is 0 Å². The highest BCUT2D eigenvalue weighted by atomic mass is 16.5. The molecule has 28 heavy (non-hydrogen) atoms. The standard InChI is InChI=1S/C20H19N3O5/c1-11-8-13-9-14(5-6-16(13)23(2)20(11)26)21-19(25)15-10-12(18(24)22-27)4-7-17(15)28-3/h4-10,27H,1-3H3,(H,21,25)(H,22,24). The largest absolute Gasteiger partial charge is 0.496 e. The number of amides is 2. The van der Waals surface area contributed by atoms with Crippen LogP contribution in [0.2, 0.25) is 0 Å². The van der Waals surface area contributed by atoms with Gasteiger partial charge in [-0.3, -0.25) is 19.6 Å². The number of rotatable bonds is 4. The maximum Gasteiger partial charge on any atom is 0.274 e. The van der Waals surface area contributed by atoms with E-state index in [0.29, 0.717) is 11.3 Å². The number of aryl methyl sites for hydroxylation is 2. The van der Waals surface area contributed by atoms with Crippen molar-refractivity contribution in [3.8, 4) is 5.75 Å². The second-order valence-corrected chi connectivity index (χ2v) is 6.28. The maximum absolute atomic E-state index is 12.7. The van der Waals surface area contributed by atoms with Crippen LogP contribution in [0.1, 0.15) is 26.3 Å². The molecule has 3 rings (SSSR count). The van der Waals surface area contributed by atoms with Crippen molar-refractivity contribution in [2.45, 2.75) is 6.92 Å². The molecular formula is C20H19N3O5. The zero-order chi connectivity index (χ0) is 20.4. The predicted octanol–water partition coefficient (Wildman–Crippen LogP) is 2.23. The topological polar surface area (TPSA) is 110 Å². The van der Waals surface area contributed by atoms with Gasteiger partial charge in [0.2, 0.25) is 0 Å². The van der Waals surface area contributed by atoms with Crippen LogP contribution in [0.3, 0.4) is 0 Å². The maximum atomic E-state index is 12.7. The number of methoxy groups -OCH3 is 1. The Morgan fingerprint density at radius 2 is 1.82 bits per heavy atom. The molecule has 2 amide bonds. The van der Waals surface area contributed by atoms with E-state index in [0.717, 1.165) is 10.9 Å². The first-order valence-electron chi connectivity index (χ1n) is 8.40. The third-order valence-electron chi connectivity index (χ3n) is 4.47. The van der Waals surface area contributed by atoms with E-state index in [1.807, 2.05) is 0 Å². The number of anilines is 1. The summed E-state index contributed by atoms with van der Waals surface area (Å²) in [5.74, 6) is -0.935. The highest BCUT2D eigenvalue weighted by Crippen LogP contribution is 2.23. The molecule has 0 atom stereocenters. The molecule has 1 aromatic heterocycles. The van der Waals surface area contributed by atoms with Crippen LogP contribution in [0.15, 0.2) is 47.3 Å². The molecule has 1 heterocycles. The Hall–Kier alpha value is -3.65. The van der Waals surface area contributed by atoms with E-state index in [1.165, 1.54) is 30.8 Å². The minimum Gasteiger partial charge on any atom is -0.496 e. The van der Waals surface area contributed by atoms with E-state index >= 15 is 0 Å². The lowest BCUT2D eigenvalue weighted by atomic mass is 10.1. The van der Waals surface area contributed by atoms with Gasteiger partial charge in [-0.25, -0.2) is 5.48 Å². The molecule has 0 unspecified atom stereocenters. The molecule has 144 valence electrons. The second kappa shape index (κ2) is 7.53. The Labute approximate surface area is 160 Å². The SMILES string of the molecule is COc1ccc(C(=O)NO)cc1C(=O)Nc1ccc2c(c1)cc(C)c(=O)n2C. The average Bonchev–Trinajstić information content (AvgIpc) is 2.70. The number of hydroxylamine groups is 1. The summed E-state index contributed by atoms with van der Waals surface area (Å²) in [5.41, 5.74) is 3.57. The summed E-state index contributed by atoms with van der Waals surface area (Å²) >= 11 is 0. The van der Waals surface area contributed by atoms with Crippen molar-refractivity contribution in [1.29, 1.82) is 0 Å². The Bertz CT molecular complexity index is 1150. The second-order valence-electron chi connectivity index (χ2n) is 6.28. The fraction of sp³-hybridized carbons (Fsp3) is 0.150. The van der Waals surface area contributed by atoms with Crippen LogP contribution < -0.4 is 21.1 Å². The van der Waals surface area contributed by atoms with Gasteiger partial charge in [-0.05, 0) is 49.4 Å². The van der Waals surface area contributed by atoms with Gasteiger partial charge in [-0.1, -0.05) is 0 Å². The van der Waals surface area contributed by atoms with E-state index in [-0.39, 0.29) is 22.4 Å². The van der Waals surface area contributed by atoms with Crippen molar-refractivity contribution in [2.75, 3.05) is 12.4 Å². The van der Waals surface area contributed by atoms with Crippen molar-refractivity contribution in [1.82, 2.24) is 10.0 Å². The number of carbonyl (C=O) groups excluding carboxylic acids is 2. The third-order valence-corrected chi connectivity index (χ3v) is 4.47. The first-order valence-corrected chi connectivity index (χ1v) is 8.40. The number of pyridine rings is 1. The summed E-state index contributed by atoms with van der Waals surface area (Å²) in [6, 6.07) is 11.2. The monoisotopic (exact) mass is 381 g/mol. The van der Waals surface area contributed by atoms with Gasteiger partial charge < -0.3 is 14.6 Å². The molecule has 0 saturated carbocycles.